The lowest BCUT2D eigenvalue weighted by molar-refractivity contribution is 0.603. The Balaban J connectivity index is 3.17. The standard InChI is InChI=1S/C6H11N5/c1-4(2)11-5(3-7)9-10-6(11)8/h3-4,7H,1-2H3,(H2,8,10). The molecule has 1 aromatic rings. The molecule has 1 aromatic heterocycles. The van der Waals surface area contributed by atoms with Crippen LogP contribution in [-0.4, -0.2) is 21.0 Å². The summed E-state index contributed by atoms with van der Waals surface area (Å²) in [4.78, 5) is 0. The van der Waals surface area contributed by atoms with E-state index in [0.717, 1.165) is 6.21 Å². The zero-order valence-electron chi connectivity index (χ0n) is 6.57. The molecule has 11 heavy (non-hydrogen) atoms. The first-order valence-corrected chi connectivity index (χ1v) is 3.37. The predicted molar refractivity (Wildman–Crippen MR) is 42.7 cm³/mol. The van der Waals surface area contributed by atoms with Crippen molar-refractivity contribution in [3.8, 4) is 0 Å². The highest BCUT2D eigenvalue weighted by Crippen LogP contribution is 2.10. The van der Waals surface area contributed by atoms with Gasteiger partial charge in [-0.25, -0.2) is 0 Å². The number of nitrogen functional groups attached to an aromatic ring is 1. The van der Waals surface area contributed by atoms with Crippen LogP contribution in [0.5, 0.6) is 0 Å². The number of hydrogen-bond acceptors (Lipinski definition) is 4. The molecule has 0 aliphatic heterocycles. The molecule has 0 unspecified atom stereocenters. The van der Waals surface area contributed by atoms with Crippen molar-refractivity contribution in [2.45, 2.75) is 19.9 Å². The molecule has 0 radical (unpaired) electrons. The van der Waals surface area contributed by atoms with Crippen LogP contribution in [0.25, 0.3) is 0 Å². The van der Waals surface area contributed by atoms with Gasteiger partial charge in [0.25, 0.3) is 0 Å². The van der Waals surface area contributed by atoms with Crippen LogP contribution in [-0.2, 0) is 0 Å². The molecule has 0 amide bonds. The highest BCUT2D eigenvalue weighted by Gasteiger charge is 2.08. The number of hydrogen-bond donors (Lipinski definition) is 2. The zero-order valence-corrected chi connectivity index (χ0v) is 6.57. The lowest BCUT2D eigenvalue weighted by atomic mass is 10.4. The van der Waals surface area contributed by atoms with Crippen molar-refractivity contribution in [3.63, 3.8) is 0 Å². The van der Waals surface area contributed by atoms with Gasteiger partial charge < -0.3 is 11.1 Å². The van der Waals surface area contributed by atoms with Crippen LogP contribution in [0.2, 0.25) is 0 Å². The van der Waals surface area contributed by atoms with Crippen molar-refractivity contribution in [2.24, 2.45) is 0 Å². The molecule has 3 N–H and O–H groups in total. The van der Waals surface area contributed by atoms with Gasteiger partial charge in [0.2, 0.25) is 5.95 Å². The van der Waals surface area contributed by atoms with Crippen molar-refractivity contribution in [1.29, 1.82) is 5.41 Å². The van der Waals surface area contributed by atoms with Gasteiger partial charge in [0.15, 0.2) is 5.82 Å². The van der Waals surface area contributed by atoms with Gasteiger partial charge in [0, 0.05) is 6.04 Å². The summed E-state index contributed by atoms with van der Waals surface area (Å²) in [6, 6.07) is 0.196. The first-order valence-electron chi connectivity index (χ1n) is 3.37. The molecule has 5 heteroatoms. The number of nitrogens with one attached hydrogen (secondary N) is 1. The van der Waals surface area contributed by atoms with Crippen molar-refractivity contribution in [1.82, 2.24) is 14.8 Å². The average molecular weight is 153 g/mol. The fraction of sp³-hybridized carbons (Fsp3) is 0.500. The normalized spacial score (nSPS) is 10.5. The molecule has 0 spiro atoms. The fourth-order valence-corrected chi connectivity index (χ4v) is 0.944. The Hall–Kier alpha value is -1.39. The molecule has 0 saturated heterocycles. The van der Waals surface area contributed by atoms with Gasteiger partial charge in [-0.2, -0.15) is 0 Å². The fourth-order valence-electron chi connectivity index (χ4n) is 0.944. The highest BCUT2D eigenvalue weighted by molar-refractivity contribution is 5.72. The number of nitrogens with zero attached hydrogens (tertiary/aromatic N) is 3. The van der Waals surface area contributed by atoms with E-state index in [1.54, 1.807) is 4.57 Å². The Kier molecular flexibility index (Phi) is 1.89. The Bertz CT molecular complexity index is 262. The maximum Gasteiger partial charge on any atom is 0.222 e. The third-order valence-corrected chi connectivity index (χ3v) is 1.39. The smallest absolute Gasteiger partial charge is 0.222 e. The van der Waals surface area contributed by atoms with E-state index in [4.69, 9.17) is 11.1 Å². The van der Waals surface area contributed by atoms with Crippen molar-refractivity contribution >= 4 is 12.2 Å². The van der Waals surface area contributed by atoms with E-state index in [9.17, 15) is 0 Å². The van der Waals surface area contributed by atoms with Gasteiger partial charge in [0.05, 0.1) is 6.21 Å². The highest BCUT2D eigenvalue weighted by atomic mass is 15.3. The Morgan fingerprint density at radius 1 is 1.55 bits per heavy atom. The number of anilines is 1. The lowest BCUT2D eigenvalue weighted by Crippen LogP contribution is -2.08. The number of nitrogens with two attached hydrogens (primary N) is 1. The molecule has 0 aromatic carbocycles. The average Bonchev–Trinajstić information content (AvgIpc) is 2.30. The van der Waals surface area contributed by atoms with Gasteiger partial charge in [-0.1, -0.05) is 0 Å². The van der Waals surface area contributed by atoms with Gasteiger partial charge in [-0.3, -0.25) is 4.57 Å². The van der Waals surface area contributed by atoms with Crippen LogP contribution in [0.4, 0.5) is 5.95 Å². The molecule has 0 aliphatic carbocycles. The minimum absolute atomic E-state index is 0.196. The Morgan fingerprint density at radius 2 is 2.18 bits per heavy atom. The molecule has 0 saturated carbocycles. The molecule has 60 valence electrons. The summed E-state index contributed by atoms with van der Waals surface area (Å²) in [5, 5.41) is 14.3. The predicted octanol–water partition coefficient (Wildman–Crippen LogP) is 0.439. The zero-order chi connectivity index (χ0) is 8.43. The van der Waals surface area contributed by atoms with Crippen LogP contribution < -0.4 is 5.73 Å². The Morgan fingerprint density at radius 3 is 2.55 bits per heavy atom. The molecule has 1 rings (SSSR count). The lowest BCUT2D eigenvalue weighted by Gasteiger charge is -2.08. The van der Waals surface area contributed by atoms with Crippen LogP contribution in [0.3, 0.4) is 0 Å². The van der Waals surface area contributed by atoms with E-state index >= 15 is 0 Å². The molecular formula is C6H11N5. The van der Waals surface area contributed by atoms with Crippen molar-refractivity contribution in [3.05, 3.63) is 5.82 Å². The van der Waals surface area contributed by atoms with Crippen LogP contribution in [0.15, 0.2) is 0 Å². The number of rotatable bonds is 2. The summed E-state index contributed by atoms with van der Waals surface area (Å²) < 4.78 is 1.70. The van der Waals surface area contributed by atoms with E-state index in [-0.39, 0.29) is 6.04 Å². The molecule has 0 fully saturated rings. The molecular weight excluding hydrogens is 142 g/mol. The van der Waals surface area contributed by atoms with Crippen LogP contribution >= 0.6 is 0 Å². The van der Waals surface area contributed by atoms with Crippen molar-refractivity contribution < 1.29 is 0 Å². The summed E-state index contributed by atoms with van der Waals surface area (Å²) in [7, 11) is 0. The van der Waals surface area contributed by atoms with Gasteiger partial charge in [-0.15, -0.1) is 10.2 Å². The first-order chi connectivity index (χ1) is 5.16. The second kappa shape index (κ2) is 2.69. The molecule has 0 bridgehead atoms. The minimum Gasteiger partial charge on any atom is -0.368 e. The molecule has 0 aliphatic rings. The Labute approximate surface area is 64.7 Å². The van der Waals surface area contributed by atoms with Gasteiger partial charge in [-0.05, 0) is 13.8 Å². The van der Waals surface area contributed by atoms with E-state index < -0.39 is 0 Å². The van der Waals surface area contributed by atoms with Crippen LogP contribution in [0, 0.1) is 5.41 Å². The summed E-state index contributed by atoms with van der Waals surface area (Å²) in [5.74, 6) is 0.857. The van der Waals surface area contributed by atoms with Crippen molar-refractivity contribution in [2.75, 3.05) is 5.73 Å². The largest absolute Gasteiger partial charge is 0.368 e. The summed E-state index contributed by atoms with van der Waals surface area (Å²) in [5.41, 5.74) is 5.50. The van der Waals surface area contributed by atoms with Crippen LogP contribution in [0.1, 0.15) is 25.7 Å². The van der Waals surface area contributed by atoms with E-state index in [0.29, 0.717) is 11.8 Å². The first kappa shape index (κ1) is 7.71. The monoisotopic (exact) mass is 153 g/mol. The van der Waals surface area contributed by atoms with Gasteiger partial charge in [0.1, 0.15) is 0 Å². The minimum atomic E-state index is 0.196. The molecule has 0 atom stereocenters. The molecule has 1 heterocycles. The molecule has 5 nitrogen and oxygen atoms in total. The second-order valence-corrected chi connectivity index (χ2v) is 2.52. The SMILES string of the molecule is CC(C)n1c(N)nnc1C=N. The van der Waals surface area contributed by atoms with Gasteiger partial charge >= 0.3 is 0 Å². The summed E-state index contributed by atoms with van der Waals surface area (Å²) >= 11 is 0. The maximum absolute atomic E-state index is 6.99. The van der Waals surface area contributed by atoms with E-state index in [1.807, 2.05) is 13.8 Å². The quantitative estimate of drug-likeness (QED) is 0.605. The van der Waals surface area contributed by atoms with E-state index in [2.05, 4.69) is 10.2 Å². The third kappa shape index (κ3) is 1.21. The van der Waals surface area contributed by atoms with E-state index in [1.165, 1.54) is 0 Å². The number of aromatic nitrogens is 3. The maximum atomic E-state index is 6.99. The third-order valence-electron chi connectivity index (χ3n) is 1.39. The topological polar surface area (TPSA) is 80.6 Å². The second-order valence-electron chi connectivity index (χ2n) is 2.52. The summed E-state index contributed by atoms with van der Waals surface area (Å²) in [6.45, 7) is 3.93. The summed E-state index contributed by atoms with van der Waals surface area (Å²) in [6.07, 6.45) is 1.14.